The fraction of sp³-hybridized carbons (Fsp3) is 1.00. The molecule has 0 spiro atoms. The fourth-order valence-corrected chi connectivity index (χ4v) is 2.10. The summed E-state index contributed by atoms with van der Waals surface area (Å²) in [4.78, 5) is 0. The smallest absolute Gasteiger partial charge is 0.0225 e. The summed E-state index contributed by atoms with van der Waals surface area (Å²) < 4.78 is 0. The summed E-state index contributed by atoms with van der Waals surface area (Å²) in [6.45, 7) is 3.43. The van der Waals surface area contributed by atoms with E-state index in [1.54, 1.807) is 0 Å². The molecule has 1 fully saturated rings. The van der Waals surface area contributed by atoms with E-state index in [1.165, 1.54) is 57.8 Å². The second-order valence-electron chi connectivity index (χ2n) is 4.47. The number of hydrazine groups is 1. The molecule has 0 saturated carbocycles. The number of hydrogen-bond acceptors (Lipinski definition) is 2. The maximum Gasteiger partial charge on any atom is 0.0225 e. The third-order valence-corrected chi connectivity index (χ3v) is 3.08. The molecule has 1 atom stereocenters. The number of unbranched alkanes of at least 4 members (excludes halogenated alkanes) is 6. The van der Waals surface area contributed by atoms with E-state index in [0.717, 1.165) is 12.6 Å². The van der Waals surface area contributed by atoms with Crippen LogP contribution in [0.3, 0.4) is 0 Å². The van der Waals surface area contributed by atoms with E-state index < -0.39 is 0 Å². The lowest BCUT2D eigenvalue weighted by Crippen LogP contribution is -2.29. The zero-order valence-electron chi connectivity index (χ0n) is 9.65. The maximum atomic E-state index is 3.32. The van der Waals surface area contributed by atoms with Crippen LogP contribution in [-0.4, -0.2) is 12.6 Å². The highest BCUT2D eigenvalue weighted by Crippen LogP contribution is 2.11. The first-order chi connectivity index (χ1) is 6.93. The quantitative estimate of drug-likeness (QED) is 0.586. The average molecular weight is 198 g/mol. The first kappa shape index (κ1) is 12.0. The first-order valence-corrected chi connectivity index (χ1v) is 6.42. The van der Waals surface area contributed by atoms with Crippen LogP contribution >= 0.6 is 0 Å². The average Bonchev–Trinajstić information content (AvgIpc) is 2.69. The summed E-state index contributed by atoms with van der Waals surface area (Å²) in [6.07, 6.45) is 12.6. The van der Waals surface area contributed by atoms with Gasteiger partial charge < -0.3 is 0 Å². The minimum atomic E-state index is 0.755. The van der Waals surface area contributed by atoms with Crippen LogP contribution in [0.15, 0.2) is 0 Å². The Kier molecular flexibility index (Phi) is 7.06. The molecule has 84 valence electrons. The molecular formula is C12H26N2. The normalized spacial score (nSPS) is 21.6. The largest absolute Gasteiger partial charge is 0.258 e. The van der Waals surface area contributed by atoms with Gasteiger partial charge in [-0.3, -0.25) is 10.9 Å². The van der Waals surface area contributed by atoms with Crippen molar-refractivity contribution in [1.29, 1.82) is 0 Å². The summed E-state index contributed by atoms with van der Waals surface area (Å²) in [7, 11) is 0. The molecule has 0 aromatic rings. The summed E-state index contributed by atoms with van der Waals surface area (Å²) in [5.41, 5.74) is 6.51. The van der Waals surface area contributed by atoms with E-state index in [1.807, 2.05) is 0 Å². The Hall–Kier alpha value is -0.0800. The molecule has 2 heteroatoms. The third-order valence-electron chi connectivity index (χ3n) is 3.08. The minimum absolute atomic E-state index is 0.755. The van der Waals surface area contributed by atoms with Crippen molar-refractivity contribution >= 4 is 0 Å². The van der Waals surface area contributed by atoms with Gasteiger partial charge in [0.15, 0.2) is 0 Å². The monoisotopic (exact) mass is 198 g/mol. The van der Waals surface area contributed by atoms with Gasteiger partial charge in [-0.25, -0.2) is 0 Å². The third kappa shape index (κ3) is 5.61. The summed E-state index contributed by atoms with van der Waals surface area (Å²) in [6, 6.07) is 0.755. The van der Waals surface area contributed by atoms with Gasteiger partial charge in [0.05, 0.1) is 0 Å². The molecule has 0 aromatic carbocycles. The van der Waals surface area contributed by atoms with Crippen molar-refractivity contribution < 1.29 is 0 Å². The van der Waals surface area contributed by atoms with Crippen LogP contribution in [0.4, 0.5) is 0 Å². The molecule has 1 rings (SSSR count). The lowest BCUT2D eigenvalue weighted by Gasteiger charge is -2.08. The van der Waals surface area contributed by atoms with Crippen LogP contribution in [0.2, 0.25) is 0 Å². The second kappa shape index (κ2) is 8.25. The van der Waals surface area contributed by atoms with Crippen LogP contribution in [0.5, 0.6) is 0 Å². The highest BCUT2D eigenvalue weighted by Gasteiger charge is 2.11. The standard InChI is InChI=1S/C12H26N2/c1-2-3-4-5-6-7-8-9-12-10-11-13-14-12/h12-14H,2-11H2,1H3. The Morgan fingerprint density at radius 1 is 1.00 bits per heavy atom. The highest BCUT2D eigenvalue weighted by atomic mass is 15.4. The van der Waals surface area contributed by atoms with Crippen molar-refractivity contribution in [2.24, 2.45) is 0 Å². The number of rotatable bonds is 8. The van der Waals surface area contributed by atoms with E-state index in [-0.39, 0.29) is 0 Å². The van der Waals surface area contributed by atoms with Crippen molar-refractivity contribution in [3.63, 3.8) is 0 Å². The Morgan fingerprint density at radius 2 is 1.71 bits per heavy atom. The number of hydrogen-bond donors (Lipinski definition) is 2. The molecule has 0 aromatic heterocycles. The van der Waals surface area contributed by atoms with E-state index in [2.05, 4.69) is 17.8 Å². The van der Waals surface area contributed by atoms with E-state index in [9.17, 15) is 0 Å². The predicted molar refractivity (Wildman–Crippen MR) is 62.2 cm³/mol. The van der Waals surface area contributed by atoms with Gasteiger partial charge in [0, 0.05) is 12.6 Å². The molecule has 1 aliphatic rings. The molecule has 0 bridgehead atoms. The Morgan fingerprint density at radius 3 is 2.36 bits per heavy atom. The number of nitrogens with one attached hydrogen (secondary N) is 2. The topological polar surface area (TPSA) is 24.1 Å². The van der Waals surface area contributed by atoms with Gasteiger partial charge in [-0.15, -0.1) is 0 Å². The molecule has 0 aliphatic carbocycles. The van der Waals surface area contributed by atoms with Crippen molar-refractivity contribution in [2.45, 2.75) is 70.8 Å². The van der Waals surface area contributed by atoms with Crippen LogP contribution in [0.25, 0.3) is 0 Å². The molecule has 0 radical (unpaired) electrons. The second-order valence-corrected chi connectivity index (χ2v) is 4.47. The molecule has 1 aliphatic heterocycles. The van der Waals surface area contributed by atoms with Crippen LogP contribution in [-0.2, 0) is 0 Å². The molecular weight excluding hydrogens is 172 g/mol. The zero-order chi connectivity index (χ0) is 10.1. The predicted octanol–water partition coefficient (Wildman–Crippen LogP) is 2.99. The van der Waals surface area contributed by atoms with Crippen LogP contribution < -0.4 is 10.9 Å². The van der Waals surface area contributed by atoms with Crippen molar-refractivity contribution in [2.75, 3.05) is 6.54 Å². The SMILES string of the molecule is CCCCCCCCCC1CCNN1. The zero-order valence-corrected chi connectivity index (χ0v) is 9.65. The molecule has 14 heavy (non-hydrogen) atoms. The van der Waals surface area contributed by atoms with E-state index in [0.29, 0.717) is 0 Å². The molecule has 2 N–H and O–H groups in total. The molecule has 2 nitrogen and oxygen atoms in total. The van der Waals surface area contributed by atoms with Gasteiger partial charge in [-0.2, -0.15) is 0 Å². The van der Waals surface area contributed by atoms with Crippen molar-refractivity contribution in [1.82, 2.24) is 10.9 Å². The minimum Gasteiger partial charge on any atom is -0.258 e. The molecule has 0 amide bonds. The van der Waals surface area contributed by atoms with Gasteiger partial charge in [0.25, 0.3) is 0 Å². The summed E-state index contributed by atoms with van der Waals surface area (Å²) in [5.74, 6) is 0. The van der Waals surface area contributed by atoms with Crippen LogP contribution in [0, 0.1) is 0 Å². The molecule has 1 saturated heterocycles. The van der Waals surface area contributed by atoms with Crippen molar-refractivity contribution in [3.8, 4) is 0 Å². The highest BCUT2D eigenvalue weighted by molar-refractivity contribution is 4.71. The van der Waals surface area contributed by atoms with Gasteiger partial charge in [-0.05, 0) is 12.8 Å². The lowest BCUT2D eigenvalue weighted by atomic mass is 10.0. The Bertz CT molecular complexity index is 119. The van der Waals surface area contributed by atoms with E-state index in [4.69, 9.17) is 0 Å². The Balaban J connectivity index is 1.75. The lowest BCUT2D eigenvalue weighted by molar-refractivity contribution is 0.482. The summed E-state index contributed by atoms with van der Waals surface area (Å²) in [5, 5.41) is 0. The van der Waals surface area contributed by atoms with Crippen LogP contribution in [0.1, 0.15) is 64.7 Å². The fourth-order valence-electron chi connectivity index (χ4n) is 2.10. The van der Waals surface area contributed by atoms with E-state index >= 15 is 0 Å². The van der Waals surface area contributed by atoms with Crippen molar-refractivity contribution in [3.05, 3.63) is 0 Å². The van der Waals surface area contributed by atoms with Gasteiger partial charge in [0.1, 0.15) is 0 Å². The van der Waals surface area contributed by atoms with Gasteiger partial charge in [-0.1, -0.05) is 51.9 Å². The molecule has 1 unspecified atom stereocenters. The first-order valence-electron chi connectivity index (χ1n) is 6.42. The molecule has 1 heterocycles. The summed E-state index contributed by atoms with van der Waals surface area (Å²) >= 11 is 0. The van der Waals surface area contributed by atoms with Gasteiger partial charge >= 0.3 is 0 Å². The maximum absolute atomic E-state index is 3.32. The van der Waals surface area contributed by atoms with Gasteiger partial charge in [0.2, 0.25) is 0 Å². The Labute approximate surface area is 88.8 Å².